The third-order valence-electron chi connectivity index (χ3n) is 4.04. The Kier molecular flexibility index (Phi) is 3.07. The van der Waals surface area contributed by atoms with Gasteiger partial charge in [0.05, 0.1) is 6.08 Å². The van der Waals surface area contributed by atoms with E-state index in [1.807, 2.05) is 48.5 Å². The average molecular weight is 292 g/mol. The van der Waals surface area contributed by atoms with Gasteiger partial charge in [0.1, 0.15) is 0 Å². The lowest BCUT2D eigenvalue weighted by Crippen LogP contribution is -2.43. The summed E-state index contributed by atoms with van der Waals surface area (Å²) in [4.78, 5) is 14.1. The molecular formula is C18H16N2O2. The fraction of sp³-hybridized carbons (Fsp3) is 0.167. The van der Waals surface area contributed by atoms with Crippen LogP contribution in [0.5, 0.6) is 0 Å². The van der Waals surface area contributed by atoms with Crippen molar-refractivity contribution in [2.45, 2.75) is 12.6 Å². The van der Waals surface area contributed by atoms with E-state index in [0.29, 0.717) is 12.4 Å². The molecule has 0 bridgehead atoms. The van der Waals surface area contributed by atoms with Gasteiger partial charge >= 0.3 is 0 Å². The van der Waals surface area contributed by atoms with Crippen LogP contribution in [-0.2, 0) is 16.0 Å². The Morgan fingerprint density at radius 3 is 2.68 bits per heavy atom. The topological polar surface area (TPSA) is 41.6 Å². The molecule has 0 radical (unpaired) electrons. The monoisotopic (exact) mass is 292 g/mol. The molecule has 0 saturated heterocycles. The van der Waals surface area contributed by atoms with Gasteiger partial charge in [-0.1, -0.05) is 42.5 Å². The minimum absolute atomic E-state index is 0.0100. The zero-order valence-corrected chi connectivity index (χ0v) is 12.0. The molecule has 2 heterocycles. The third-order valence-corrected chi connectivity index (χ3v) is 4.04. The molecule has 0 saturated carbocycles. The molecule has 1 unspecified atom stereocenters. The first-order valence-electron chi connectivity index (χ1n) is 7.40. The fourth-order valence-electron chi connectivity index (χ4n) is 2.96. The van der Waals surface area contributed by atoms with Crippen molar-refractivity contribution < 1.29 is 9.53 Å². The molecule has 0 aromatic heterocycles. The molecule has 0 fully saturated rings. The van der Waals surface area contributed by atoms with E-state index in [1.54, 1.807) is 4.90 Å². The molecule has 1 amide bonds. The molecule has 110 valence electrons. The average Bonchev–Trinajstić information content (AvgIpc) is 2.56. The van der Waals surface area contributed by atoms with E-state index in [2.05, 4.69) is 11.4 Å². The normalized spacial score (nSPS) is 19.6. The molecule has 4 nitrogen and oxygen atoms in total. The van der Waals surface area contributed by atoms with Gasteiger partial charge < -0.3 is 10.1 Å². The number of anilines is 1. The summed E-state index contributed by atoms with van der Waals surface area (Å²) in [7, 11) is 0. The van der Waals surface area contributed by atoms with Crippen LogP contribution >= 0.6 is 0 Å². The van der Waals surface area contributed by atoms with Crippen molar-refractivity contribution >= 4 is 11.6 Å². The van der Waals surface area contributed by atoms with Gasteiger partial charge in [0.2, 0.25) is 6.23 Å². The van der Waals surface area contributed by atoms with Gasteiger partial charge in [-0.15, -0.1) is 0 Å². The van der Waals surface area contributed by atoms with E-state index in [9.17, 15) is 4.79 Å². The van der Waals surface area contributed by atoms with Crippen LogP contribution in [0.15, 0.2) is 66.6 Å². The van der Waals surface area contributed by atoms with Crippen LogP contribution in [0.1, 0.15) is 17.4 Å². The maximum atomic E-state index is 12.4. The summed E-state index contributed by atoms with van der Waals surface area (Å²) in [6.45, 7) is 0.690. The van der Waals surface area contributed by atoms with Gasteiger partial charge in [0.15, 0.2) is 5.88 Å². The number of rotatable bonds is 2. The van der Waals surface area contributed by atoms with Crippen LogP contribution < -0.4 is 5.32 Å². The summed E-state index contributed by atoms with van der Waals surface area (Å²) in [6.07, 6.45) is 2.06. The molecule has 4 heteroatoms. The van der Waals surface area contributed by atoms with Gasteiger partial charge in [0, 0.05) is 17.8 Å². The van der Waals surface area contributed by atoms with Gasteiger partial charge in [-0.05, 0) is 24.1 Å². The molecule has 1 N–H and O–H groups in total. The number of benzene rings is 2. The highest BCUT2D eigenvalue weighted by Gasteiger charge is 2.35. The Bertz CT molecular complexity index is 740. The van der Waals surface area contributed by atoms with E-state index in [0.717, 1.165) is 17.7 Å². The van der Waals surface area contributed by atoms with Crippen LogP contribution in [0.2, 0.25) is 0 Å². The van der Waals surface area contributed by atoms with E-state index in [-0.39, 0.29) is 12.1 Å². The second-order valence-corrected chi connectivity index (χ2v) is 5.45. The Morgan fingerprint density at radius 1 is 1.05 bits per heavy atom. The SMILES string of the molecule is O=C1C=C(Nc2ccccc2)OC2c3ccccc3CCN12. The standard InChI is InChI=1S/C18H16N2O2/c21-17-12-16(19-14-7-2-1-3-8-14)22-18-15-9-5-4-6-13(15)10-11-20(17)18/h1-9,12,18-19H,10-11H2. The van der Waals surface area contributed by atoms with Gasteiger partial charge in [0.25, 0.3) is 5.91 Å². The smallest absolute Gasteiger partial charge is 0.255 e. The Balaban J connectivity index is 1.64. The van der Waals surface area contributed by atoms with Crippen molar-refractivity contribution in [2.75, 3.05) is 11.9 Å². The zero-order chi connectivity index (χ0) is 14.9. The number of amides is 1. The Hall–Kier alpha value is -2.75. The molecule has 2 aromatic carbocycles. The van der Waals surface area contributed by atoms with E-state index >= 15 is 0 Å². The van der Waals surface area contributed by atoms with Crippen molar-refractivity contribution in [2.24, 2.45) is 0 Å². The van der Waals surface area contributed by atoms with E-state index < -0.39 is 0 Å². The van der Waals surface area contributed by atoms with Crippen LogP contribution in [-0.4, -0.2) is 17.4 Å². The van der Waals surface area contributed by atoms with Gasteiger partial charge in [-0.3, -0.25) is 9.69 Å². The summed E-state index contributed by atoms with van der Waals surface area (Å²) < 4.78 is 6.05. The highest BCUT2D eigenvalue weighted by atomic mass is 16.5. The largest absolute Gasteiger partial charge is 0.451 e. The Morgan fingerprint density at radius 2 is 1.82 bits per heavy atom. The number of ether oxygens (including phenoxy) is 1. The van der Waals surface area contributed by atoms with E-state index in [1.165, 1.54) is 11.6 Å². The molecular weight excluding hydrogens is 276 g/mol. The molecule has 2 aliphatic heterocycles. The second kappa shape index (κ2) is 5.22. The summed E-state index contributed by atoms with van der Waals surface area (Å²) in [5.41, 5.74) is 3.22. The Labute approximate surface area is 129 Å². The van der Waals surface area contributed by atoms with Crippen LogP contribution in [0, 0.1) is 0 Å². The highest BCUT2D eigenvalue weighted by Crippen LogP contribution is 2.35. The first-order valence-corrected chi connectivity index (χ1v) is 7.40. The quantitative estimate of drug-likeness (QED) is 0.925. The number of carbonyl (C=O) groups is 1. The lowest BCUT2D eigenvalue weighted by atomic mass is 9.97. The predicted molar refractivity (Wildman–Crippen MR) is 83.8 cm³/mol. The molecule has 4 rings (SSSR count). The summed E-state index contributed by atoms with van der Waals surface area (Å²) in [5, 5.41) is 3.17. The molecule has 0 aliphatic carbocycles. The maximum absolute atomic E-state index is 12.4. The molecule has 22 heavy (non-hydrogen) atoms. The minimum atomic E-state index is -0.339. The van der Waals surface area contributed by atoms with Gasteiger partial charge in [-0.25, -0.2) is 0 Å². The first kappa shape index (κ1) is 13.0. The minimum Gasteiger partial charge on any atom is -0.451 e. The molecule has 2 aromatic rings. The fourth-order valence-corrected chi connectivity index (χ4v) is 2.96. The molecule has 0 spiro atoms. The lowest BCUT2D eigenvalue weighted by Gasteiger charge is -2.39. The number of fused-ring (bicyclic) bond motifs is 3. The van der Waals surface area contributed by atoms with Crippen molar-refractivity contribution in [3.05, 3.63) is 77.7 Å². The molecule has 1 atom stereocenters. The zero-order valence-electron chi connectivity index (χ0n) is 12.0. The summed E-state index contributed by atoms with van der Waals surface area (Å²) in [6, 6.07) is 17.9. The third kappa shape index (κ3) is 2.22. The predicted octanol–water partition coefficient (Wildman–Crippen LogP) is 3.05. The summed E-state index contributed by atoms with van der Waals surface area (Å²) in [5.74, 6) is 0.485. The summed E-state index contributed by atoms with van der Waals surface area (Å²) >= 11 is 0. The number of carbonyl (C=O) groups excluding carboxylic acids is 1. The maximum Gasteiger partial charge on any atom is 0.255 e. The number of nitrogens with one attached hydrogen (secondary N) is 1. The van der Waals surface area contributed by atoms with Crippen LogP contribution in [0.25, 0.3) is 0 Å². The second-order valence-electron chi connectivity index (χ2n) is 5.45. The van der Waals surface area contributed by atoms with Crippen molar-refractivity contribution in [1.82, 2.24) is 4.90 Å². The van der Waals surface area contributed by atoms with Crippen molar-refractivity contribution in [3.63, 3.8) is 0 Å². The number of nitrogens with zero attached hydrogens (tertiary/aromatic N) is 1. The van der Waals surface area contributed by atoms with Crippen LogP contribution in [0.4, 0.5) is 5.69 Å². The van der Waals surface area contributed by atoms with Crippen molar-refractivity contribution in [3.8, 4) is 0 Å². The van der Waals surface area contributed by atoms with E-state index in [4.69, 9.17) is 4.74 Å². The first-order chi connectivity index (χ1) is 10.8. The number of para-hydroxylation sites is 1. The molecule has 2 aliphatic rings. The van der Waals surface area contributed by atoms with Crippen LogP contribution in [0.3, 0.4) is 0 Å². The number of hydrogen-bond acceptors (Lipinski definition) is 3. The van der Waals surface area contributed by atoms with Crippen molar-refractivity contribution in [1.29, 1.82) is 0 Å². The lowest BCUT2D eigenvalue weighted by molar-refractivity contribution is -0.143. The number of hydrogen-bond donors (Lipinski definition) is 1. The highest BCUT2D eigenvalue weighted by molar-refractivity contribution is 5.89. The van der Waals surface area contributed by atoms with Gasteiger partial charge in [-0.2, -0.15) is 0 Å².